The van der Waals surface area contributed by atoms with Crippen molar-refractivity contribution in [2.75, 3.05) is 19.5 Å². The molecule has 76 valence electrons. The Morgan fingerprint density at radius 2 is 2.21 bits per heavy atom. The first kappa shape index (κ1) is 9.12. The number of nitrogens with one attached hydrogen (secondary N) is 1. The van der Waals surface area contributed by atoms with Crippen molar-refractivity contribution in [2.24, 2.45) is 0 Å². The second-order valence-electron chi connectivity index (χ2n) is 3.29. The van der Waals surface area contributed by atoms with Crippen LogP contribution in [0.25, 0.3) is 0 Å². The van der Waals surface area contributed by atoms with Crippen molar-refractivity contribution in [1.82, 2.24) is 4.98 Å². The molecule has 1 aliphatic carbocycles. The number of methoxy groups -OCH3 is 1. The van der Waals surface area contributed by atoms with E-state index in [1.165, 1.54) is 0 Å². The SMILES string of the molecule is CNc1cncc(OC2CC2)c1OC. The Kier molecular flexibility index (Phi) is 2.43. The summed E-state index contributed by atoms with van der Waals surface area (Å²) >= 11 is 0. The van der Waals surface area contributed by atoms with Crippen LogP contribution in [0, 0.1) is 0 Å². The molecule has 0 spiro atoms. The van der Waals surface area contributed by atoms with Gasteiger partial charge in [0.1, 0.15) is 0 Å². The molecule has 1 saturated carbocycles. The van der Waals surface area contributed by atoms with Gasteiger partial charge >= 0.3 is 0 Å². The van der Waals surface area contributed by atoms with Crippen LogP contribution in [-0.2, 0) is 0 Å². The van der Waals surface area contributed by atoms with E-state index in [1.807, 2.05) is 7.05 Å². The standard InChI is InChI=1S/C10H14N2O2/c1-11-8-5-12-6-9(10(8)13-2)14-7-3-4-7/h5-7,11H,3-4H2,1-2H3. The molecule has 4 heteroatoms. The first-order chi connectivity index (χ1) is 6.85. The average Bonchev–Trinajstić information content (AvgIpc) is 3.01. The van der Waals surface area contributed by atoms with Crippen molar-refractivity contribution in [3.63, 3.8) is 0 Å². The van der Waals surface area contributed by atoms with Crippen LogP contribution in [0.2, 0.25) is 0 Å². The minimum Gasteiger partial charge on any atom is -0.491 e. The van der Waals surface area contributed by atoms with Gasteiger partial charge in [-0.1, -0.05) is 0 Å². The molecule has 0 atom stereocenters. The molecular formula is C10H14N2O2. The van der Waals surface area contributed by atoms with E-state index in [0.29, 0.717) is 6.10 Å². The summed E-state index contributed by atoms with van der Waals surface area (Å²) in [5, 5.41) is 3.01. The molecule has 0 bridgehead atoms. The van der Waals surface area contributed by atoms with Crippen molar-refractivity contribution in [2.45, 2.75) is 18.9 Å². The Balaban J connectivity index is 2.26. The van der Waals surface area contributed by atoms with Gasteiger partial charge < -0.3 is 14.8 Å². The predicted octanol–water partition coefficient (Wildman–Crippen LogP) is 1.67. The first-order valence-electron chi connectivity index (χ1n) is 4.71. The Hall–Kier alpha value is -1.45. The second-order valence-corrected chi connectivity index (χ2v) is 3.29. The summed E-state index contributed by atoms with van der Waals surface area (Å²) < 4.78 is 10.9. The molecular weight excluding hydrogens is 180 g/mol. The Labute approximate surface area is 83.2 Å². The fourth-order valence-corrected chi connectivity index (χ4v) is 1.27. The molecule has 1 N–H and O–H groups in total. The van der Waals surface area contributed by atoms with Crippen molar-refractivity contribution in [1.29, 1.82) is 0 Å². The third-order valence-corrected chi connectivity index (χ3v) is 2.16. The molecule has 0 amide bonds. The summed E-state index contributed by atoms with van der Waals surface area (Å²) in [6.45, 7) is 0. The molecule has 1 heterocycles. The number of ether oxygens (including phenoxy) is 2. The number of hydrogen-bond acceptors (Lipinski definition) is 4. The number of nitrogens with zero attached hydrogens (tertiary/aromatic N) is 1. The fourth-order valence-electron chi connectivity index (χ4n) is 1.27. The zero-order chi connectivity index (χ0) is 9.97. The van der Waals surface area contributed by atoms with Gasteiger partial charge in [0.15, 0.2) is 11.5 Å². The molecule has 4 nitrogen and oxygen atoms in total. The van der Waals surface area contributed by atoms with E-state index in [-0.39, 0.29) is 0 Å². The van der Waals surface area contributed by atoms with Crippen molar-refractivity contribution in [3.05, 3.63) is 12.4 Å². The molecule has 0 saturated heterocycles. The maximum absolute atomic E-state index is 5.66. The molecule has 1 aromatic rings. The van der Waals surface area contributed by atoms with E-state index in [4.69, 9.17) is 9.47 Å². The lowest BCUT2D eigenvalue weighted by atomic mass is 10.3. The zero-order valence-electron chi connectivity index (χ0n) is 8.41. The van der Waals surface area contributed by atoms with Gasteiger partial charge in [-0.05, 0) is 12.8 Å². The summed E-state index contributed by atoms with van der Waals surface area (Å²) in [6, 6.07) is 0. The molecule has 0 radical (unpaired) electrons. The van der Waals surface area contributed by atoms with E-state index in [1.54, 1.807) is 19.5 Å². The summed E-state index contributed by atoms with van der Waals surface area (Å²) in [5.74, 6) is 1.45. The molecule has 0 aliphatic heterocycles. The van der Waals surface area contributed by atoms with Crippen LogP contribution in [-0.4, -0.2) is 25.2 Å². The van der Waals surface area contributed by atoms with Crippen LogP contribution >= 0.6 is 0 Å². The summed E-state index contributed by atoms with van der Waals surface area (Å²) in [7, 11) is 3.47. The minimum atomic E-state index is 0.359. The highest BCUT2D eigenvalue weighted by molar-refractivity contribution is 5.60. The molecule has 0 unspecified atom stereocenters. The molecule has 1 aliphatic rings. The molecule has 1 aromatic heterocycles. The Morgan fingerprint density at radius 1 is 1.43 bits per heavy atom. The Morgan fingerprint density at radius 3 is 2.79 bits per heavy atom. The highest BCUT2D eigenvalue weighted by Gasteiger charge is 2.25. The van der Waals surface area contributed by atoms with Crippen LogP contribution in [0.15, 0.2) is 12.4 Å². The van der Waals surface area contributed by atoms with Gasteiger partial charge in [-0.25, -0.2) is 0 Å². The number of anilines is 1. The largest absolute Gasteiger partial charge is 0.491 e. The van der Waals surface area contributed by atoms with E-state index >= 15 is 0 Å². The van der Waals surface area contributed by atoms with Gasteiger partial charge in [-0.2, -0.15) is 0 Å². The van der Waals surface area contributed by atoms with Crippen molar-refractivity contribution >= 4 is 5.69 Å². The quantitative estimate of drug-likeness (QED) is 0.791. The molecule has 0 aromatic carbocycles. The van der Waals surface area contributed by atoms with Gasteiger partial charge in [0.2, 0.25) is 0 Å². The summed E-state index contributed by atoms with van der Waals surface area (Å²) in [5.41, 5.74) is 0.852. The topological polar surface area (TPSA) is 43.4 Å². The highest BCUT2D eigenvalue weighted by Crippen LogP contribution is 2.37. The summed E-state index contributed by atoms with van der Waals surface area (Å²) in [4.78, 5) is 4.08. The normalized spacial score (nSPS) is 15.0. The maximum atomic E-state index is 5.66. The van der Waals surface area contributed by atoms with Crippen LogP contribution in [0.3, 0.4) is 0 Å². The first-order valence-corrected chi connectivity index (χ1v) is 4.71. The highest BCUT2D eigenvalue weighted by atomic mass is 16.5. The lowest BCUT2D eigenvalue weighted by Gasteiger charge is -2.12. The number of pyridine rings is 1. The monoisotopic (exact) mass is 194 g/mol. The van der Waals surface area contributed by atoms with Crippen LogP contribution in [0.1, 0.15) is 12.8 Å². The zero-order valence-corrected chi connectivity index (χ0v) is 8.41. The molecule has 14 heavy (non-hydrogen) atoms. The van der Waals surface area contributed by atoms with Crippen LogP contribution in [0.5, 0.6) is 11.5 Å². The van der Waals surface area contributed by atoms with E-state index in [2.05, 4.69) is 10.3 Å². The van der Waals surface area contributed by atoms with Gasteiger partial charge in [0.25, 0.3) is 0 Å². The number of aromatic nitrogens is 1. The van der Waals surface area contributed by atoms with Crippen molar-refractivity contribution in [3.8, 4) is 11.5 Å². The second kappa shape index (κ2) is 3.74. The third-order valence-electron chi connectivity index (χ3n) is 2.16. The lowest BCUT2D eigenvalue weighted by Crippen LogP contribution is -2.02. The van der Waals surface area contributed by atoms with Gasteiger partial charge in [0.05, 0.1) is 31.3 Å². The van der Waals surface area contributed by atoms with Gasteiger partial charge in [-0.15, -0.1) is 0 Å². The van der Waals surface area contributed by atoms with E-state index in [0.717, 1.165) is 30.0 Å². The molecule has 1 fully saturated rings. The number of rotatable bonds is 4. The van der Waals surface area contributed by atoms with Crippen LogP contribution in [0.4, 0.5) is 5.69 Å². The van der Waals surface area contributed by atoms with E-state index < -0.39 is 0 Å². The fraction of sp³-hybridized carbons (Fsp3) is 0.500. The Bertz CT molecular complexity index is 324. The smallest absolute Gasteiger partial charge is 0.187 e. The number of hydrogen-bond donors (Lipinski definition) is 1. The van der Waals surface area contributed by atoms with Crippen molar-refractivity contribution < 1.29 is 9.47 Å². The third kappa shape index (κ3) is 1.73. The predicted molar refractivity (Wildman–Crippen MR) is 54.0 cm³/mol. The minimum absolute atomic E-state index is 0.359. The lowest BCUT2D eigenvalue weighted by molar-refractivity contribution is 0.281. The van der Waals surface area contributed by atoms with Gasteiger partial charge in [0, 0.05) is 7.05 Å². The van der Waals surface area contributed by atoms with Gasteiger partial charge in [-0.3, -0.25) is 4.98 Å². The average molecular weight is 194 g/mol. The van der Waals surface area contributed by atoms with E-state index in [9.17, 15) is 0 Å². The molecule has 2 rings (SSSR count). The summed E-state index contributed by atoms with van der Waals surface area (Å²) in [6.07, 6.45) is 6.04. The maximum Gasteiger partial charge on any atom is 0.187 e. The van der Waals surface area contributed by atoms with Crippen LogP contribution < -0.4 is 14.8 Å².